The monoisotopic (exact) mass is 584 g/mol. The molecule has 0 saturated carbocycles. The smallest absolute Gasteiger partial charge is 0.257 e. The van der Waals surface area contributed by atoms with Crippen LogP contribution in [0, 0.1) is 5.41 Å². The zero-order valence-corrected chi connectivity index (χ0v) is 23.6. The van der Waals surface area contributed by atoms with Gasteiger partial charge in [-0.2, -0.15) is 0 Å². The van der Waals surface area contributed by atoms with E-state index < -0.39 is 11.3 Å². The van der Waals surface area contributed by atoms with E-state index in [2.05, 4.69) is 26.6 Å². The van der Waals surface area contributed by atoms with Crippen LogP contribution in [-0.4, -0.2) is 24.2 Å². The standard InChI is InChI=1S/C29H30BrClN2O4/c1-5-37-26-13-11-21(16-23(26)25(34)15-18-6-9-20(30)10-7-18)33-27(35)22-14-19(8-12-24(22)31)17-32-28(36)29(2,3)4/h6-14,16H,5,15,17H2,1-4H3,(H,32,36)(H,33,35). The van der Waals surface area contributed by atoms with Crippen LogP contribution < -0.4 is 15.4 Å². The molecule has 0 saturated heterocycles. The van der Waals surface area contributed by atoms with Gasteiger partial charge in [-0.15, -0.1) is 0 Å². The zero-order chi connectivity index (χ0) is 27.2. The predicted octanol–water partition coefficient (Wildman–Crippen LogP) is 6.84. The maximum absolute atomic E-state index is 13.1. The Balaban J connectivity index is 1.79. The lowest BCUT2D eigenvalue weighted by Gasteiger charge is -2.18. The summed E-state index contributed by atoms with van der Waals surface area (Å²) >= 11 is 9.72. The lowest BCUT2D eigenvalue weighted by atomic mass is 9.95. The highest BCUT2D eigenvalue weighted by atomic mass is 79.9. The molecule has 0 spiro atoms. The van der Waals surface area contributed by atoms with Crippen molar-refractivity contribution in [1.82, 2.24) is 5.32 Å². The Morgan fingerprint density at radius 3 is 2.24 bits per heavy atom. The number of amides is 2. The molecule has 0 aliphatic heterocycles. The summed E-state index contributed by atoms with van der Waals surface area (Å²) in [5.41, 5.74) is 2.17. The molecule has 0 fully saturated rings. The van der Waals surface area contributed by atoms with E-state index in [-0.39, 0.29) is 35.2 Å². The largest absolute Gasteiger partial charge is 0.493 e. The van der Waals surface area contributed by atoms with Gasteiger partial charge in [0.15, 0.2) is 5.78 Å². The summed E-state index contributed by atoms with van der Waals surface area (Å²) in [6.07, 6.45) is 0.193. The van der Waals surface area contributed by atoms with E-state index in [0.29, 0.717) is 23.6 Å². The summed E-state index contributed by atoms with van der Waals surface area (Å²) in [5.74, 6) is -0.193. The quantitative estimate of drug-likeness (QED) is 0.269. The topological polar surface area (TPSA) is 84.5 Å². The van der Waals surface area contributed by atoms with Crippen molar-refractivity contribution in [2.24, 2.45) is 5.41 Å². The number of hydrogen-bond acceptors (Lipinski definition) is 4. The molecule has 0 bridgehead atoms. The average Bonchev–Trinajstić information content (AvgIpc) is 2.85. The fourth-order valence-corrected chi connectivity index (χ4v) is 3.96. The molecular weight excluding hydrogens is 556 g/mol. The Bertz CT molecular complexity index is 1300. The lowest BCUT2D eigenvalue weighted by molar-refractivity contribution is -0.128. The van der Waals surface area contributed by atoms with Crippen LogP contribution in [0.2, 0.25) is 5.02 Å². The van der Waals surface area contributed by atoms with E-state index in [1.54, 1.807) is 36.4 Å². The Hall–Kier alpha value is -3.16. The van der Waals surface area contributed by atoms with Crippen molar-refractivity contribution in [1.29, 1.82) is 0 Å². The number of ketones is 1. The van der Waals surface area contributed by atoms with Gasteiger partial charge in [-0.05, 0) is 60.5 Å². The van der Waals surface area contributed by atoms with Crippen molar-refractivity contribution in [3.8, 4) is 5.75 Å². The Kier molecular flexibility index (Phi) is 9.51. The number of nitrogens with one attached hydrogen (secondary N) is 2. The number of hydrogen-bond donors (Lipinski definition) is 2. The van der Waals surface area contributed by atoms with Crippen molar-refractivity contribution < 1.29 is 19.1 Å². The molecular formula is C29H30BrClN2O4. The second-order valence-electron chi connectivity index (χ2n) is 9.57. The summed E-state index contributed by atoms with van der Waals surface area (Å²) in [5, 5.41) is 5.97. The van der Waals surface area contributed by atoms with Crippen molar-refractivity contribution in [3.63, 3.8) is 0 Å². The van der Waals surface area contributed by atoms with E-state index in [9.17, 15) is 14.4 Å². The summed E-state index contributed by atoms with van der Waals surface area (Å²) in [4.78, 5) is 38.4. The first-order valence-corrected chi connectivity index (χ1v) is 13.1. The first kappa shape index (κ1) is 28.4. The van der Waals surface area contributed by atoms with E-state index in [0.717, 1.165) is 15.6 Å². The highest BCUT2D eigenvalue weighted by Gasteiger charge is 2.21. The Morgan fingerprint density at radius 2 is 1.59 bits per heavy atom. The minimum absolute atomic E-state index is 0.0943. The molecule has 0 unspecified atom stereocenters. The van der Waals surface area contributed by atoms with Gasteiger partial charge in [0.25, 0.3) is 5.91 Å². The number of carbonyl (C=O) groups excluding carboxylic acids is 3. The van der Waals surface area contributed by atoms with Gasteiger partial charge in [-0.3, -0.25) is 14.4 Å². The van der Waals surface area contributed by atoms with Gasteiger partial charge in [0.2, 0.25) is 5.91 Å². The maximum atomic E-state index is 13.1. The maximum Gasteiger partial charge on any atom is 0.257 e. The van der Waals surface area contributed by atoms with Gasteiger partial charge in [-0.25, -0.2) is 0 Å². The molecule has 0 atom stereocenters. The van der Waals surface area contributed by atoms with Crippen LogP contribution >= 0.6 is 27.5 Å². The van der Waals surface area contributed by atoms with Crippen LogP contribution in [-0.2, 0) is 17.8 Å². The summed E-state index contributed by atoms with van der Waals surface area (Å²) < 4.78 is 6.60. The average molecular weight is 586 g/mol. The molecule has 0 heterocycles. The number of ether oxygens (including phenoxy) is 1. The summed E-state index contributed by atoms with van der Waals surface area (Å²) in [7, 11) is 0. The SMILES string of the molecule is CCOc1ccc(NC(=O)c2cc(CNC(=O)C(C)(C)C)ccc2Cl)cc1C(=O)Cc1ccc(Br)cc1. The number of carbonyl (C=O) groups is 3. The number of halogens is 2. The highest BCUT2D eigenvalue weighted by molar-refractivity contribution is 9.10. The summed E-state index contributed by atoms with van der Waals surface area (Å²) in [6, 6.07) is 17.5. The lowest BCUT2D eigenvalue weighted by Crippen LogP contribution is -2.34. The fraction of sp³-hybridized carbons (Fsp3) is 0.276. The van der Waals surface area contributed by atoms with Gasteiger partial charge in [0, 0.05) is 28.5 Å². The molecule has 2 amide bonds. The fourth-order valence-electron chi connectivity index (χ4n) is 3.49. The molecule has 0 aromatic heterocycles. The molecule has 0 radical (unpaired) electrons. The van der Waals surface area contributed by atoms with E-state index >= 15 is 0 Å². The van der Waals surface area contributed by atoms with Crippen molar-refractivity contribution >= 4 is 50.8 Å². The van der Waals surface area contributed by atoms with Gasteiger partial charge in [-0.1, -0.05) is 66.5 Å². The molecule has 194 valence electrons. The van der Waals surface area contributed by atoms with Crippen LogP contribution in [0.15, 0.2) is 65.1 Å². The van der Waals surface area contributed by atoms with Crippen LogP contribution in [0.5, 0.6) is 5.75 Å². The zero-order valence-electron chi connectivity index (χ0n) is 21.3. The molecule has 37 heavy (non-hydrogen) atoms. The molecule has 6 nitrogen and oxygen atoms in total. The molecule has 3 aromatic rings. The highest BCUT2D eigenvalue weighted by Crippen LogP contribution is 2.27. The van der Waals surface area contributed by atoms with Crippen LogP contribution in [0.25, 0.3) is 0 Å². The normalized spacial score (nSPS) is 11.1. The second kappa shape index (κ2) is 12.4. The van der Waals surface area contributed by atoms with Gasteiger partial charge in [0.05, 0.1) is 22.8 Å². The number of benzene rings is 3. The first-order chi connectivity index (χ1) is 17.5. The van der Waals surface area contributed by atoms with E-state index in [4.69, 9.17) is 16.3 Å². The van der Waals surface area contributed by atoms with Crippen LogP contribution in [0.3, 0.4) is 0 Å². The van der Waals surface area contributed by atoms with Gasteiger partial charge in [0.1, 0.15) is 5.75 Å². The minimum atomic E-state index is -0.521. The van der Waals surface area contributed by atoms with Crippen LogP contribution in [0.4, 0.5) is 5.69 Å². The summed E-state index contributed by atoms with van der Waals surface area (Å²) in [6.45, 7) is 8.01. The molecule has 0 aliphatic carbocycles. The predicted molar refractivity (Wildman–Crippen MR) is 150 cm³/mol. The third-order valence-corrected chi connectivity index (χ3v) is 6.38. The van der Waals surface area contributed by atoms with E-state index in [1.807, 2.05) is 52.0 Å². The van der Waals surface area contributed by atoms with Crippen molar-refractivity contribution in [2.45, 2.75) is 40.7 Å². The van der Waals surface area contributed by atoms with Gasteiger partial charge >= 0.3 is 0 Å². The minimum Gasteiger partial charge on any atom is -0.493 e. The molecule has 8 heteroatoms. The first-order valence-electron chi connectivity index (χ1n) is 11.9. The molecule has 3 rings (SSSR count). The molecule has 0 aliphatic rings. The number of rotatable bonds is 9. The van der Waals surface area contributed by atoms with Gasteiger partial charge < -0.3 is 15.4 Å². The Labute approximate surface area is 230 Å². The number of anilines is 1. The second-order valence-corrected chi connectivity index (χ2v) is 10.9. The Morgan fingerprint density at radius 1 is 0.919 bits per heavy atom. The molecule has 2 N–H and O–H groups in total. The van der Waals surface area contributed by atoms with E-state index in [1.165, 1.54) is 0 Å². The van der Waals surface area contributed by atoms with Crippen LogP contribution in [0.1, 0.15) is 59.5 Å². The third-order valence-electron chi connectivity index (χ3n) is 5.53. The number of Topliss-reactive ketones (excluding diaryl/α,β-unsaturated/α-hetero) is 1. The third kappa shape index (κ3) is 7.91. The van der Waals surface area contributed by atoms with Crippen molar-refractivity contribution in [2.75, 3.05) is 11.9 Å². The van der Waals surface area contributed by atoms with Crippen molar-refractivity contribution in [3.05, 3.63) is 92.4 Å². The molecule has 3 aromatic carbocycles.